The summed E-state index contributed by atoms with van der Waals surface area (Å²) in [5.41, 5.74) is 7.16. The van der Waals surface area contributed by atoms with Crippen molar-refractivity contribution < 1.29 is 0 Å². The maximum Gasteiger partial charge on any atom is 0.161 e. The Kier molecular flexibility index (Phi) is 3.45. The number of benzene rings is 1. The molecule has 0 saturated heterocycles. The first-order valence-corrected chi connectivity index (χ1v) is 6.78. The summed E-state index contributed by atoms with van der Waals surface area (Å²) in [4.78, 5) is 17.7. The summed E-state index contributed by atoms with van der Waals surface area (Å²) in [6, 6.07) is 5.80. The zero-order chi connectivity index (χ0) is 14.8. The molecular formula is C15H16N6. The van der Waals surface area contributed by atoms with E-state index in [2.05, 4.69) is 32.3 Å². The smallest absolute Gasteiger partial charge is 0.161 e. The van der Waals surface area contributed by atoms with Gasteiger partial charge >= 0.3 is 0 Å². The van der Waals surface area contributed by atoms with Crippen LogP contribution in [0.5, 0.6) is 0 Å². The number of nitrogen functional groups attached to an aromatic ring is 1. The number of hydrogen-bond donors (Lipinski definition) is 2. The first kappa shape index (κ1) is 13.4. The van der Waals surface area contributed by atoms with E-state index >= 15 is 0 Å². The first-order chi connectivity index (χ1) is 10.2. The molecule has 6 heteroatoms. The topological polar surface area (TPSA) is 89.6 Å². The summed E-state index contributed by atoms with van der Waals surface area (Å²) in [5, 5.41) is 0. The van der Waals surface area contributed by atoms with Crippen LogP contribution in [0.3, 0.4) is 0 Å². The Hall–Kier alpha value is -2.60. The van der Waals surface area contributed by atoms with E-state index in [1.807, 2.05) is 25.1 Å². The van der Waals surface area contributed by atoms with Gasteiger partial charge in [0.25, 0.3) is 0 Å². The van der Waals surface area contributed by atoms with Crippen molar-refractivity contribution in [3.63, 3.8) is 0 Å². The van der Waals surface area contributed by atoms with Gasteiger partial charge in [-0.1, -0.05) is 6.92 Å². The van der Waals surface area contributed by atoms with Crippen molar-refractivity contribution in [2.75, 3.05) is 5.43 Å². The number of aromatic nitrogens is 4. The average molecular weight is 280 g/mol. The summed E-state index contributed by atoms with van der Waals surface area (Å²) in [7, 11) is 0. The van der Waals surface area contributed by atoms with Crippen LogP contribution in [0.25, 0.3) is 22.4 Å². The molecule has 6 nitrogen and oxygen atoms in total. The van der Waals surface area contributed by atoms with Crippen LogP contribution in [0.15, 0.2) is 30.6 Å². The Morgan fingerprint density at radius 3 is 2.57 bits per heavy atom. The number of hydrazine groups is 1. The molecule has 3 aromatic rings. The molecule has 2 aromatic heterocycles. The summed E-state index contributed by atoms with van der Waals surface area (Å²) < 4.78 is 0. The SMILES string of the molecule is CCc1nc(-c2ccc3nccnc3c2)nc(NN)c1C. The lowest BCUT2D eigenvalue weighted by Crippen LogP contribution is -2.13. The van der Waals surface area contributed by atoms with Crippen LogP contribution in [0, 0.1) is 6.92 Å². The number of nitrogens with two attached hydrogens (primary N) is 1. The molecule has 0 spiro atoms. The number of aryl methyl sites for hydroxylation is 1. The standard InChI is InChI=1S/C15H16N6/c1-3-11-9(2)14(21-16)20-15(19-11)10-4-5-12-13(8-10)18-7-6-17-12/h4-8H,3,16H2,1-2H3,(H,19,20,21). The largest absolute Gasteiger partial charge is 0.308 e. The highest BCUT2D eigenvalue weighted by Gasteiger charge is 2.11. The normalized spacial score (nSPS) is 10.8. The zero-order valence-electron chi connectivity index (χ0n) is 12.0. The predicted molar refractivity (Wildman–Crippen MR) is 82.5 cm³/mol. The van der Waals surface area contributed by atoms with Crippen LogP contribution in [0.1, 0.15) is 18.2 Å². The van der Waals surface area contributed by atoms with Crippen molar-refractivity contribution >= 4 is 16.9 Å². The van der Waals surface area contributed by atoms with Gasteiger partial charge in [-0.15, -0.1) is 0 Å². The lowest BCUT2D eigenvalue weighted by Gasteiger charge is -2.11. The van der Waals surface area contributed by atoms with E-state index in [-0.39, 0.29) is 0 Å². The number of rotatable bonds is 3. The molecule has 1 aromatic carbocycles. The van der Waals surface area contributed by atoms with E-state index in [1.165, 1.54) is 0 Å². The Balaban J connectivity index is 2.17. The Labute approximate surface area is 122 Å². The highest BCUT2D eigenvalue weighted by molar-refractivity contribution is 5.79. The van der Waals surface area contributed by atoms with Gasteiger partial charge in [0.05, 0.1) is 11.0 Å². The quantitative estimate of drug-likeness (QED) is 0.565. The highest BCUT2D eigenvalue weighted by atomic mass is 15.3. The lowest BCUT2D eigenvalue weighted by atomic mass is 10.1. The summed E-state index contributed by atoms with van der Waals surface area (Å²) >= 11 is 0. The van der Waals surface area contributed by atoms with Crippen LogP contribution in [-0.2, 0) is 6.42 Å². The van der Waals surface area contributed by atoms with Crippen LogP contribution in [0.4, 0.5) is 5.82 Å². The molecule has 0 amide bonds. The van der Waals surface area contributed by atoms with Crippen molar-refractivity contribution in [2.24, 2.45) is 5.84 Å². The maximum atomic E-state index is 5.55. The monoisotopic (exact) mass is 280 g/mol. The van der Waals surface area contributed by atoms with Crippen LogP contribution in [-0.4, -0.2) is 19.9 Å². The molecule has 21 heavy (non-hydrogen) atoms. The molecule has 0 aliphatic rings. The molecule has 3 rings (SSSR count). The van der Waals surface area contributed by atoms with Crippen molar-refractivity contribution in [3.05, 3.63) is 41.9 Å². The number of fused-ring (bicyclic) bond motifs is 1. The molecule has 0 aliphatic heterocycles. The third kappa shape index (κ3) is 2.41. The summed E-state index contributed by atoms with van der Waals surface area (Å²) in [6.45, 7) is 4.02. The Bertz CT molecular complexity index is 774. The number of nitrogens with one attached hydrogen (secondary N) is 1. The van der Waals surface area contributed by atoms with E-state index in [9.17, 15) is 0 Å². The molecule has 0 atom stereocenters. The lowest BCUT2D eigenvalue weighted by molar-refractivity contribution is 0.973. The molecular weight excluding hydrogens is 264 g/mol. The van der Waals surface area contributed by atoms with Gasteiger partial charge in [-0.25, -0.2) is 15.8 Å². The van der Waals surface area contributed by atoms with E-state index in [4.69, 9.17) is 5.84 Å². The zero-order valence-corrected chi connectivity index (χ0v) is 12.0. The van der Waals surface area contributed by atoms with Crippen molar-refractivity contribution in [1.82, 2.24) is 19.9 Å². The van der Waals surface area contributed by atoms with E-state index in [0.717, 1.165) is 34.3 Å². The number of anilines is 1. The minimum atomic E-state index is 0.637. The van der Waals surface area contributed by atoms with Crippen LogP contribution < -0.4 is 11.3 Å². The van der Waals surface area contributed by atoms with Gasteiger partial charge in [0.15, 0.2) is 5.82 Å². The minimum absolute atomic E-state index is 0.637. The van der Waals surface area contributed by atoms with Crippen molar-refractivity contribution in [1.29, 1.82) is 0 Å². The minimum Gasteiger partial charge on any atom is -0.308 e. The van der Waals surface area contributed by atoms with Gasteiger partial charge in [0, 0.05) is 29.2 Å². The fourth-order valence-electron chi connectivity index (χ4n) is 2.28. The molecule has 0 radical (unpaired) electrons. The number of hydrogen-bond acceptors (Lipinski definition) is 6. The second kappa shape index (κ2) is 5.41. The predicted octanol–water partition coefficient (Wildman–Crippen LogP) is 2.24. The first-order valence-electron chi connectivity index (χ1n) is 6.78. The van der Waals surface area contributed by atoms with Gasteiger partial charge in [-0.05, 0) is 31.5 Å². The fraction of sp³-hybridized carbons (Fsp3) is 0.200. The van der Waals surface area contributed by atoms with Gasteiger partial charge in [0.1, 0.15) is 5.82 Å². The Morgan fingerprint density at radius 1 is 1.10 bits per heavy atom. The molecule has 0 fully saturated rings. The van der Waals surface area contributed by atoms with E-state index in [1.54, 1.807) is 12.4 Å². The second-order valence-electron chi connectivity index (χ2n) is 4.73. The average Bonchev–Trinajstić information content (AvgIpc) is 2.54. The molecule has 0 saturated carbocycles. The van der Waals surface area contributed by atoms with Crippen LogP contribution >= 0.6 is 0 Å². The van der Waals surface area contributed by atoms with Gasteiger partial charge in [-0.2, -0.15) is 0 Å². The van der Waals surface area contributed by atoms with E-state index < -0.39 is 0 Å². The third-order valence-corrected chi connectivity index (χ3v) is 3.45. The molecule has 2 heterocycles. The molecule has 0 bridgehead atoms. The third-order valence-electron chi connectivity index (χ3n) is 3.45. The highest BCUT2D eigenvalue weighted by Crippen LogP contribution is 2.23. The van der Waals surface area contributed by atoms with Gasteiger partial charge in [-0.3, -0.25) is 9.97 Å². The maximum absolute atomic E-state index is 5.55. The molecule has 106 valence electrons. The van der Waals surface area contributed by atoms with E-state index in [0.29, 0.717) is 11.6 Å². The molecule has 0 unspecified atom stereocenters. The van der Waals surface area contributed by atoms with Gasteiger partial charge in [0.2, 0.25) is 0 Å². The van der Waals surface area contributed by atoms with Gasteiger partial charge < -0.3 is 5.43 Å². The Morgan fingerprint density at radius 2 is 1.86 bits per heavy atom. The van der Waals surface area contributed by atoms with Crippen molar-refractivity contribution in [2.45, 2.75) is 20.3 Å². The second-order valence-corrected chi connectivity index (χ2v) is 4.73. The summed E-state index contributed by atoms with van der Waals surface area (Å²) in [6.07, 6.45) is 4.17. The molecule has 3 N–H and O–H groups in total. The summed E-state index contributed by atoms with van der Waals surface area (Å²) in [5.74, 6) is 6.84. The van der Waals surface area contributed by atoms with Crippen molar-refractivity contribution in [3.8, 4) is 11.4 Å². The molecule has 0 aliphatic carbocycles. The van der Waals surface area contributed by atoms with Crippen LogP contribution in [0.2, 0.25) is 0 Å². The fourth-order valence-corrected chi connectivity index (χ4v) is 2.28. The number of nitrogens with zero attached hydrogens (tertiary/aromatic N) is 4.